The van der Waals surface area contributed by atoms with Gasteiger partial charge >= 0.3 is 0 Å². The molecule has 86 valence electrons. The molecule has 1 amide bonds. The fraction of sp³-hybridized carbons (Fsp3) is 0.417. The van der Waals surface area contributed by atoms with Gasteiger partial charge in [0.15, 0.2) is 0 Å². The summed E-state index contributed by atoms with van der Waals surface area (Å²) in [6.45, 7) is 1.63. The Morgan fingerprint density at radius 2 is 2.31 bits per heavy atom. The molecular weight excluding hydrogens is 207 g/mol. The molecule has 1 aliphatic rings. The number of nitrogens with zero attached hydrogens (tertiary/aromatic N) is 1. The molecule has 0 saturated heterocycles. The highest BCUT2D eigenvalue weighted by Gasteiger charge is 2.20. The van der Waals surface area contributed by atoms with Crippen LogP contribution < -0.4 is 5.32 Å². The van der Waals surface area contributed by atoms with Gasteiger partial charge in [0.25, 0.3) is 0 Å². The van der Waals surface area contributed by atoms with Crippen molar-refractivity contribution in [1.29, 1.82) is 0 Å². The maximum absolute atomic E-state index is 13.0. The number of likely N-dealkylation sites (N-methyl/N-ethyl adjacent to an activating group) is 1. The predicted octanol–water partition coefficient (Wildman–Crippen LogP) is 0.930. The maximum Gasteiger partial charge on any atom is 0.236 e. The van der Waals surface area contributed by atoms with E-state index in [4.69, 9.17) is 0 Å². The molecule has 0 spiro atoms. The van der Waals surface area contributed by atoms with E-state index in [0.29, 0.717) is 19.6 Å². The van der Waals surface area contributed by atoms with Crippen molar-refractivity contribution in [1.82, 2.24) is 10.2 Å². The largest absolute Gasteiger partial charge is 0.337 e. The topological polar surface area (TPSA) is 32.3 Å². The standard InChI is InChI=1S/C12H15FN2O/c1-14-7-12(16)15-5-4-9-6-11(13)3-2-10(9)8-15/h2-3,6,14H,4-5,7-8H2,1H3. The Bertz CT molecular complexity index is 406. The summed E-state index contributed by atoms with van der Waals surface area (Å²) in [7, 11) is 1.76. The molecule has 0 aromatic heterocycles. The fourth-order valence-corrected chi connectivity index (χ4v) is 2.00. The molecule has 1 aliphatic heterocycles. The molecule has 0 saturated carbocycles. The minimum absolute atomic E-state index is 0.0949. The van der Waals surface area contributed by atoms with Crippen LogP contribution in [0.15, 0.2) is 18.2 Å². The van der Waals surface area contributed by atoms with Gasteiger partial charge in [0, 0.05) is 13.1 Å². The van der Waals surface area contributed by atoms with Gasteiger partial charge < -0.3 is 10.2 Å². The lowest BCUT2D eigenvalue weighted by Crippen LogP contribution is -2.40. The second-order valence-electron chi connectivity index (χ2n) is 4.01. The number of benzene rings is 1. The first-order chi connectivity index (χ1) is 7.70. The fourth-order valence-electron chi connectivity index (χ4n) is 2.00. The van der Waals surface area contributed by atoms with Crippen molar-refractivity contribution in [2.45, 2.75) is 13.0 Å². The minimum Gasteiger partial charge on any atom is -0.337 e. The van der Waals surface area contributed by atoms with E-state index in [1.165, 1.54) is 6.07 Å². The third-order valence-corrected chi connectivity index (χ3v) is 2.86. The Labute approximate surface area is 94.3 Å². The third kappa shape index (κ3) is 2.22. The van der Waals surface area contributed by atoms with Crippen molar-refractivity contribution in [3.63, 3.8) is 0 Å². The van der Waals surface area contributed by atoms with Gasteiger partial charge in [0.1, 0.15) is 5.82 Å². The average Bonchev–Trinajstić information content (AvgIpc) is 2.28. The van der Waals surface area contributed by atoms with Gasteiger partial charge in [-0.2, -0.15) is 0 Å². The SMILES string of the molecule is CNCC(=O)N1CCc2cc(F)ccc2C1. The van der Waals surface area contributed by atoms with E-state index in [1.54, 1.807) is 24.1 Å². The molecule has 1 aromatic rings. The van der Waals surface area contributed by atoms with E-state index in [9.17, 15) is 9.18 Å². The maximum atomic E-state index is 13.0. The second kappa shape index (κ2) is 4.61. The van der Waals surface area contributed by atoms with Crippen LogP contribution in [0.25, 0.3) is 0 Å². The van der Waals surface area contributed by atoms with Crippen LogP contribution >= 0.6 is 0 Å². The molecule has 0 atom stereocenters. The van der Waals surface area contributed by atoms with E-state index < -0.39 is 0 Å². The van der Waals surface area contributed by atoms with Crippen molar-refractivity contribution in [3.8, 4) is 0 Å². The van der Waals surface area contributed by atoms with Crippen molar-refractivity contribution >= 4 is 5.91 Å². The van der Waals surface area contributed by atoms with E-state index in [2.05, 4.69) is 5.32 Å². The van der Waals surface area contributed by atoms with E-state index >= 15 is 0 Å². The molecule has 2 rings (SSSR count). The quantitative estimate of drug-likeness (QED) is 0.807. The molecule has 0 bridgehead atoms. The smallest absolute Gasteiger partial charge is 0.236 e. The van der Waals surface area contributed by atoms with Gasteiger partial charge in [-0.3, -0.25) is 4.79 Å². The lowest BCUT2D eigenvalue weighted by molar-refractivity contribution is -0.131. The van der Waals surface area contributed by atoms with E-state index in [0.717, 1.165) is 17.5 Å². The van der Waals surface area contributed by atoms with Gasteiger partial charge in [-0.1, -0.05) is 6.07 Å². The van der Waals surface area contributed by atoms with Crippen molar-refractivity contribution in [2.75, 3.05) is 20.1 Å². The molecule has 0 fully saturated rings. The number of rotatable bonds is 2. The zero-order valence-electron chi connectivity index (χ0n) is 9.29. The van der Waals surface area contributed by atoms with Crippen LogP contribution in [0.5, 0.6) is 0 Å². The van der Waals surface area contributed by atoms with Gasteiger partial charge in [-0.05, 0) is 36.7 Å². The Hall–Kier alpha value is -1.42. The summed E-state index contributed by atoms with van der Waals surface area (Å²) in [4.78, 5) is 13.5. The van der Waals surface area contributed by atoms with Crippen LogP contribution in [-0.4, -0.2) is 30.9 Å². The lowest BCUT2D eigenvalue weighted by atomic mass is 9.99. The highest BCUT2D eigenvalue weighted by Crippen LogP contribution is 2.19. The number of hydrogen-bond acceptors (Lipinski definition) is 2. The molecule has 1 aromatic carbocycles. The number of amides is 1. The average molecular weight is 222 g/mol. The molecule has 1 N–H and O–H groups in total. The minimum atomic E-state index is -0.200. The first-order valence-corrected chi connectivity index (χ1v) is 5.40. The van der Waals surface area contributed by atoms with Crippen LogP contribution in [0.4, 0.5) is 4.39 Å². The summed E-state index contributed by atoms with van der Waals surface area (Å²) in [6, 6.07) is 4.78. The number of fused-ring (bicyclic) bond motifs is 1. The van der Waals surface area contributed by atoms with Crippen LogP contribution in [0.3, 0.4) is 0 Å². The molecule has 0 unspecified atom stereocenters. The Kier molecular flexibility index (Phi) is 3.19. The summed E-state index contributed by atoms with van der Waals surface area (Å²) >= 11 is 0. The van der Waals surface area contributed by atoms with Crippen molar-refractivity contribution < 1.29 is 9.18 Å². The molecule has 16 heavy (non-hydrogen) atoms. The highest BCUT2D eigenvalue weighted by molar-refractivity contribution is 5.78. The summed E-state index contributed by atoms with van der Waals surface area (Å²) < 4.78 is 13.0. The summed E-state index contributed by atoms with van der Waals surface area (Å²) in [5.41, 5.74) is 2.07. The monoisotopic (exact) mass is 222 g/mol. The van der Waals surface area contributed by atoms with Gasteiger partial charge in [-0.15, -0.1) is 0 Å². The van der Waals surface area contributed by atoms with Gasteiger partial charge in [-0.25, -0.2) is 4.39 Å². The Morgan fingerprint density at radius 3 is 3.06 bits per heavy atom. The number of carbonyl (C=O) groups is 1. The molecule has 0 aliphatic carbocycles. The normalized spacial score (nSPS) is 14.8. The number of nitrogens with one attached hydrogen (secondary N) is 1. The highest BCUT2D eigenvalue weighted by atomic mass is 19.1. The number of carbonyl (C=O) groups excluding carboxylic acids is 1. The van der Waals surface area contributed by atoms with Crippen LogP contribution in [0.2, 0.25) is 0 Å². The molecule has 0 radical (unpaired) electrons. The van der Waals surface area contributed by atoms with Crippen molar-refractivity contribution in [3.05, 3.63) is 35.1 Å². The first kappa shape index (κ1) is 11.1. The summed E-state index contributed by atoms with van der Waals surface area (Å²) in [5.74, 6) is -0.105. The van der Waals surface area contributed by atoms with E-state index in [-0.39, 0.29) is 11.7 Å². The van der Waals surface area contributed by atoms with Crippen LogP contribution in [0, 0.1) is 5.82 Å². The Morgan fingerprint density at radius 1 is 1.50 bits per heavy atom. The predicted molar refractivity (Wildman–Crippen MR) is 59.4 cm³/mol. The van der Waals surface area contributed by atoms with Gasteiger partial charge in [0.05, 0.1) is 6.54 Å². The second-order valence-corrected chi connectivity index (χ2v) is 4.01. The molecular formula is C12H15FN2O. The number of hydrogen-bond donors (Lipinski definition) is 1. The zero-order chi connectivity index (χ0) is 11.5. The van der Waals surface area contributed by atoms with Crippen molar-refractivity contribution in [2.24, 2.45) is 0 Å². The molecule has 3 nitrogen and oxygen atoms in total. The zero-order valence-corrected chi connectivity index (χ0v) is 9.29. The van der Waals surface area contributed by atoms with Gasteiger partial charge in [0.2, 0.25) is 5.91 Å². The summed E-state index contributed by atoms with van der Waals surface area (Å²) in [5, 5.41) is 2.85. The van der Waals surface area contributed by atoms with E-state index in [1.807, 2.05) is 0 Å². The first-order valence-electron chi connectivity index (χ1n) is 5.40. The number of halogens is 1. The molecule has 1 heterocycles. The lowest BCUT2D eigenvalue weighted by Gasteiger charge is -2.28. The molecule has 4 heteroatoms. The Balaban J connectivity index is 2.12. The third-order valence-electron chi connectivity index (χ3n) is 2.86. The van der Waals surface area contributed by atoms with Crippen LogP contribution in [0.1, 0.15) is 11.1 Å². The summed E-state index contributed by atoms with van der Waals surface area (Å²) in [6.07, 6.45) is 0.739. The van der Waals surface area contributed by atoms with Crippen LogP contribution in [-0.2, 0) is 17.8 Å².